The van der Waals surface area contributed by atoms with Gasteiger partial charge in [-0.2, -0.15) is 0 Å². The first-order chi connectivity index (χ1) is 5.83. The molecule has 1 fully saturated rings. The van der Waals surface area contributed by atoms with Crippen molar-refractivity contribution in [2.24, 2.45) is 5.92 Å². The second-order valence-electron chi connectivity index (χ2n) is 3.78. The van der Waals surface area contributed by atoms with Crippen molar-refractivity contribution in [1.82, 2.24) is 0 Å². The molecule has 2 heteroatoms. The average Bonchev–Trinajstić information content (AvgIpc) is 2.06. The quantitative estimate of drug-likeness (QED) is 0.606. The Hall–Kier alpha value is -0.530. The molecule has 2 nitrogen and oxygen atoms in total. The van der Waals surface area contributed by atoms with E-state index in [1.807, 2.05) is 6.92 Å². The van der Waals surface area contributed by atoms with Gasteiger partial charge < -0.3 is 4.74 Å². The molecule has 0 aromatic carbocycles. The summed E-state index contributed by atoms with van der Waals surface area (Å²) in [6.45, 7) is 2.54. The highest BCUT2D eigenvalue weighted by molar-refractivity contribution is 5.37. The van der Waals surface area contributed by atoms with Crippen molar-refractivity contribution in [1.29, 1.82) is 0 Å². The van der Waals surface area contributed by atoms with Gasteiger partial charge in [-0.15, -0.1) is 0 Å². The van der Waals surface area contributed by atoms with Crippen molar-refractivity contribution < 1.29 is 9.53 Å². The fourth-order valence-corrected chi connectivity index (χ4v) is 2.04. The first-order valence-electron chi connectivity index (χ1n) is 4.92. The number of rotatable bonds is 4. The van der Waals surface area contributed by atoms with Gasteiger partial charge in [-0.25, -0.2) is 0 Å². The number of hydrogen-bond acceptors (Lipinski definition) is 2. The van der Waals surface area contributed by atoms with Gasteiger partial charge in [0.25, 0.3) is 6.47 Å². The summed E-state index contributed by atoms with van der Waals surface area (Å²) in [5.41, 5.74) is 0. The molecular formula is C10H18O2. The van der Waals surface area contributed by atoms with Gasteiger partial charge in [0.2, 0.25) is 0 Å². The lowest BCUT2D eigenvalue weighted by atomic mass is 9.86. The third kappa shape index (κ3) is 3.24. The molecule has 0 amide bonds. The molecule has 0 aromatic heterocycles. The Morgan fingerprint density at radius 1 is 1.42 bits per heavy atom. The van der Waals surface area contributed by atoms with Crippen LogP contribution in [-0.2, 0) is 9.53 Å². The summed E-state index contributed by atoms with van der Waals surface area (Å²) in [5, 5.41) is 0. The van der Waals surface area contributed by atoms with E-state index in [-0.39, 0.29) is 6.10 Å². The van der Waals surface area contributed by atoms with Crippen LogP contribution in [0.15, 0.2) is 0 Å². The molecular weight excluding hydrogens is 152 g/mol. The molecule has 1 aliphatic carbocycles. The lowest BCUT2D eigenvalue weighted by molar-refractivity contribution is -0.133. The molecule has 0 radical (unpaired) electrons. The van der Waals surface area contributed by atoms with Crippen molar-refractivity contribution in [2.75, 3.05) is 0 Å². The van der Waals surface area contributed by atoms with Gasteiger partial charge in [-0.1, -0.05) is 32.1 Å². The maximum Gasteiger partial charge on any atom is 0.293 e. The number of carbonyl (C=O) groups excluding carboxylic acids is 1. The van der Waals surface area contributed by atoms with E-state index in [9.17, 15) is 4.79 Å². The first kappa shape index (κ1) is 9.56. The van der Waals surface area contributed by atoms with E-state index in [0.29, 0.717) is 6.47 Å². The predicted octanol–water partition coefficient (Wildman–Crippen LogP) is 2.52. The highest BCUT2D eigenvalue weighted by Gasteiger charge is 2.16. The van der Waals surface area contributed by atoms with Crippen molar-refractivity contribution in [2.45, 2.75) is 51.6 Å². The summed E-state index contributed by atoms with van der Waals surface area (Å²) in [6.07, 6.45) is 7.93. The van der Waals surface area contributed by atoms with E-state index in [0.717, 1.165) is 12.3 Å². The Balaban J connectivity index is 2.15. The summed E-state index contributed by atoms with van der Waals surface area (Å²) < 4.78 is 4.86. The molecule has 1 rings (SSSR count). The molecule has 0 N–H and O–H groups in total. The fraction of sp³-hybridized carbons (Fsp3) is 0.900. The highest BCUT2D eigenvalue weighted by Crippen LogP contribution is 2.27. The van der Waals surface area contributed by atoms with E-state index >= 15 is 0 Å². The van der Waals surface area contributed by atoms with Crippen molar-refractivity contribution in [3.8, 4) is 0 Å². The summed E-state index contributed by atoms with van der Waals surface area (Å²) in [7, 11) is 0. The molecule has 1 unspecified atom stereocenters. The average molecular weight is 170 g/mol. The lowest BCUT2D eigenvalue weighted by Gasteiger charge is -2.23. The Morgan fingerprint density at radius 2 is 2.08 bits per heavy atom. The first-order valence-corrected chi connectivity index (χ1v) is 4.92. The van der Waals surface area contributed by atoms with Gasteiger partial charge in [0.15, 0.2) is 0 Å². The monoisotopic (exact) mass is 170 g/mol. The molecule has 0 bridgehead atoms. The molecule has 12 heavy (non-hydrogen) atoms. The molecule has 0 heterocycles. The van der Waals surface area contributed by atoms with Gasteiger partial charge in [-0.3, -0.25) is 4.79 Å². The van der Waals surface area contributed by atoms with E-state index in [1.165, 1.54) is 32.1 Å². The van der Waals surface area contributed by atoms with Crippen LogP contribution in [0.4, 0.5) is 0 Å². The Labute approximate surface area is 74.3 Å². The van der Waals surface area contributed by atoms with Crippen LogP contribution in [0.2, 0.25) is 0 Å². The van der Waals surface area contributed by atoms with E-state index < -0.39 is 0 Å². The number of ether oxygens (including phenoxy) is 1. The normalized spacial score (nSPS) is 21.8. The maximum absolute atomic E-state index is 10.0. The molecule has 1 atom stereocenters. The molecule has 70 valence electrons. The van der Waals surface area contributed by atoms with Crippen LogP contribution in [0.5, 0.6) is 0 Å². The highest BCUT2D eigenvalue weighted by atomic mass is 16.5. The largest absolute Gasteiger partial charge is 0.465 e. The topological polar surface area (TPSA) is 26.3 Å². The maximum atomic E-state index is 10.0. The van der Waals surface area contributed by atoms with E-state index in [2.05, 4.69) is 0 Å². The van der Waals surface area contributed by atoms with Gasteiger partial charge in [0, 0.05) is 0 Å². The molecule has 0 aliphatic heterocycles. The van der Waals surface area contributed by atoms with Crippen LogP contribution >= 0.6 is 0 Å². The fourth-order valence-electron chi connectivity index (χ4n) is 2.04. The number of hydrogen-bond donors (Lipinski definition) is 0. The summed E-state index contributed by atoms with van der Waals surface area (Å²) in [4.78, 5) is 10.0. The minimum atomic E-state index is 0.116. The third-order valence-electron chi connectivity index (χ3n) is 2.68. The summed E-state index contributed by atoms with van der Waals surface area (Å²) >= 11 is 0. The van der Waals surface area contributed by atoms with E-state index in [4.69, 9.17) is 4.74 Å². The second-order valence-corrected chi connectivity index (χ2v) is 3.78. The van der Waals surface area contributed by atoms with Crippen LogP contribution in [0, 0.1) is 5.92 Å². The molecule has 1 saturated carbocycles. The lowest BCUT2D eigenvalue weighted by Crippen LogP contribution is -2.15. The Bertz CT molecular complexity index is 128. The zero-order valence-electron chi connectivity index (χ0n) is 7.79. The molecule has 1 aliphatic rings. The van der Waals surface area contributed by atoms with Crippen molar-refractivity contribution in [3.05, 3.63) is 0 Å². The molecule has 0 saturated heterocycles. The van der Waals surface area contributed by atoms with E-state index in [1.54, 1.807) is 0 Å². The zero-order valence-corrected chi connectivity index (χ0v) is 7.79. The number of carbonyl (C=O) groups is 1. The predicted molar refractivity (Wildman–Crippen MR) is 47.8 cm³/mol. The minimum Gasteiger partial charge on any atom is -0.465 e. The van der Waals surface area contributed by atoms with Gasteiger partial charge in [0.05, 0.1) is 6.10 Å². The third-order valence-corrected chi connectivity index (χ3v) is 2.68. The zero-order chi connectivity index (χ0) is 8.81. The van der Waals surface area contributed by atoms with Crippen molar-refractivity contribution >= 4 is 6.47 Å². The van der Waals surface area contributed by atoms with Gasteiger partial charge in [0.1, 0.15) is 0 Å². The standard InChI is InChI=1S/C10H18O2/c1-9(12-8-11)7-10-5-3-2-4-6-10/h8-10H,2-7H2,1H3. The van der Waals surface area contributed by atoms with Crippen LogP contribution in [-0.4, -0.2) is 12.6 Å². The second kappa shape index (κ2) is 5.18. The summed E-state index contributed by atoms with van der Waals surface area (Å²) in [5.74, 6) is 0.800. The Kier molecular flexibility index (Phi) is 4.12. The van der Waals surface area contributed by atoms with Crippen LogP contribution < -0.4 is 0 Å². The SMILES string of the molecule is CC(CC1CCCCC1)OC=O. The van der Waals surface area contributed by atoms with Gasteiger partial charge >= 0.3 is 0 Å². The van der Waals surface area contributed by atoms with Crippen LogP contribution in [0.25, 0.3) is 0 Å². The Morgan fingerprint density at radius 3 is 2.67 bits per heavy atom. The molecule has 0 spiro atoms. The van der Waals surface area contributed by atoms with Crippen LogP contribution in [0.1, 0.15) is 45.4 Å². The smallest absolute Gasteiger partial charge is 0.293 e. The van der Waals surface area contributed by atoms with Crippen LogP contribution in [0.3, 0.4) is 0 Å². The molecule has 0 aromatic rings. The summed E-state index contributed by atoms with van der Waals surface area (Å²) in [6, 6.07) is 0. The minimum absolute atomic E-state index is 0.116. The van der Waals surface area contributed by atoms with Gasteiger partial charge in [-0.05, 0) is 19.3 Å². The van der Waals surface area contributed by atoms with Crippen molar-refractivity contribution in [3.63, 3.8) is 0 Å².